The topological polar surface area (TPSA) is 135 Å². The normalized spacial score (nSPS) is 23.5. The highest BCUT2D eigenvalue weighted by Gasteiger charge is 2.49. The summed E-state index contributed by atoms with van der Waals surface area (Å²) in [6, 6.07) is 8.40. The number of likely N-dealkylation sites (N-methyl/N-ethyl adjacent to an activating group) is 1. The Hall–Kier alpha value is -4.56. The van der Waals surface area contributed by atoms with Crippen LogP contribution in [-0.4, -0.2) is 82.8 Å². The van der Waals surface area contributed by atoms with Crippen LogP contribution in [0.1, 0.15) is 43.7 Å². The van der Waals surface area contributed by atoms with E-state index < -0.39 is 17.5 Å². The van der Waals surface area contributed by atoms with Crippen molar-refractivity contribution in [2.24, 2.45) is 0 Å². The summed E-state index contributed by atoms with van der Waals surface area (Å²) in [4.78, 5) is 28.0. The number of ether oxygens (including phenoxy) is 1. The Bertz CT molecular complexity index is 2130. The zero-order chi connectivity index (χ0) is 34.8. The van der Waals surface area contributed by atoms with Gasteiger partial charge in [-0.25, -0.2) is 8.78 Å². The van der Waals surface area contributed by atoms with Crippen LogP contribution in [0.25, 0.3) is 32.1 Å². The molecule has 3 fully saturated rings. The van der Waals surface area contributed by atoms with Gasteiger partial charge < -0.3 is 20.3 Å². The number of carbonyl (C=O) groups is 1. The SMILES string of the molecule is C=CC(=O)N1CCC(N(C)c2nc(OC[C@@]34CCCN3C[C@H](F)C4)nc3c(C#N)c(-c4ccc(F)c5sc(N)c(C#N)c45)c(Cl)cc23)C1C. The molecule has 5 heterocycles. The number of alkyl halides is 1. The quantitative estimate of drug-likeness (QED) is 0.224. The number of carbonyl (C=O) groups excluding carboxylic acids is 1. The maximum atomic E-state index is 15.0. The number of likely N-dealkylation sites (tertiary alicyclic amines) is 1. The van der Waals surface area contributed by atoms with E-state index in [9.17, 15) is 24.1 Å². The third-order valence-electron chi connectivity index (χ3n) is 10.4. The number of nitrogen functional groups attached to an aromatic ring is 1. The van der Waals surface area contributed by atoms with Gasteiger partial charge in [0.1, 0.15) is 41.6 Å². The van der Waals surface area contributed by atoms with Crippen LogP contribution in [0.2, 0.25) is 5.02 Å². The number of aromatic nitrogens is 2. The molecule has 2 aromatic carbocycles. The van der Waals surface area contributed by atoms with E-state index in [0.29, 0.717) is 42.7 Å². The summed E-state index contributed by atoms with van der Waals surface area (Å²) in [6.07, 6.45) is 3.08. The van der Waals surface area contributed by atoms with Crippen LogP contribution in [0.5, 0.6) is 6.01 Å². The van der Waals surface area contributed by atoms with Gasteiger partial charge in [0.2, 0.25) is 5.91 Å². The molecule has 4 atom stereocenters. The second kappa shape index (κ2) is 12.4. The van der Waals surface area contributed by atoms with Crippen molar-refractivity contribution in [2.75, 3.05) is 43.9 Å². The van der Waals surface area contributed by atoms with Crippen LogP contribution in [-0.2, 0) is 4.79 Å². The monoisotopic (exact) mass is 702 g/mol. The molecule has 0 saturated carbocycles. The van der Waals surface area contributed by atoms with Crippen LogP contribution in [0.15, 0.2) is 30.9 Å². The van der Waals surface area contributed by atoms with Crippen molar-refractivity contribution < 1.29 is 18.3 Å². The van der Waals surface area contributed by atoms with Gasteiger partial charge in [-0.1, -0.05) is 24.2 Å². The van der Waals surface area contributed by atoms with Crippen LogP contribution in [0.4, 0.5) is 19.6 Å². The molecule has 3 aliphatic heterocycles. The molecule has 10 nitrogen and oxygen atoms in total. The fraction of sp³-hybridized carbons (Fsp3) is 0.400. The molecule has 2 aromatic heterocycles. The number of thiophene rings is 1. The summed E-state index contributed by atoms with van der Waals surface area (Å²) in [5, 5.41) is 21.7. The predicted molar refractivity (Wildman–Crippen MR) is 186 cm³/mol. The second-order valence-corrected chi connectivity index (χ2v) is 14.5. The molecule has 4 aromatic rings. The molecule has 0 aliphatic carbocycles. The van der Waals surface area contributed by atoms with E-state index in [1.807, 2.05) is 18.9 Å². The summed E-state index contributed by atoms with van der Waals surface area (Å²) >= 11 is 7.96. The van der Waals surface area contributed by atoms with E-state index in [1.54, 1.807) is 11.0 Å². The second-order valence-electron chi connectivity index (χ2n) is 13.0. The van der Waals surface area contributed by atoms with Gasteiger partial charge >= 0.3 is 6.01 Å². The summed E-state index contributed by atoms with van der Waals surface area (Å²) in [6.45, 7) is 7.45. The number of nitrogens with zero attached hydrogens (tertiary/aromatic N) is 7. The molecule has 1 amide bonds. The van der Waals surface area contributed by atoms with Crippen LogP contribution in [0.3, 0.4) is 0 Å². The molecule has 3 aliphatic rings. The highest BCUT2D eigenvalue weighted by Crippen LogP contribution is 2.47. The Morgan fingerprint density at radius 1 is 1.31 bits per heavy atom. The van der Waals surface area contributed by atoms with Crippen molar-refractivity contribution in [1.29, 1.82) is 10.5 Å². The number of benzene rings is 2. The summed E-state index contributed by atoms with van der Waals surface area (Å²) in [7, 11) is 1.86. The molecule has 7 rings (SSSR count). The smallest absolute Gasteiger partial charge is 0.319 e. The minimum absolute atomic E-state index is 0.00840. The van der Waals surface area contributed by atoms with Gasteiger partial charge in [0.05, 0.1) is 37.9 Å². The van der Waals surface area contributed by atoms with Crippen LogP contribution >= 0.6 is 22.9 Å². The van der Waals surface area contributed by atoms with Crippen LogP contribution < -0.4 is 15.4 Å². The van der Waals surface area contributed by atoms with Gasteiger partial charge in [0.25, 0.3) is 0 Å². The predicted octanol–water partition coefficient (Wildman–Crippen LogP) is 6.20. The number of hydrogen-bond donors (Lipinski definition) is 1. The minimum atomic E-state index is -0.944. The number of hydrogen-bond acceptors (Lipinski definition) is 10. The van der Waals surface area contributed by atoms with Gasteiger partial charge in [-0.15, -0.1) is 11.3 Å². The minimum Gasteiger partial charge on any atom is -0.461 e. The first-order chi connectivity index (χ1) is 23.5. The highest BCUT2D eigenvalue weighted by atomic mass is 35.5. The molecular formula is C35H33ClF2N8O2S. The van der Waals surface area contributed by atoms with E-state index >= 15 is 0 Å². The lowest BCUT2D eigenvalue weighted by Crippen LogP contribution is -2.44. The summed E-state index contributed by atoms with van der Waals surface area (Å²) in [5.74, 6) is -0.280. The first kappa shape index (κ1) is 33.0. The molecule has 0 bridgehead atoms. The van der Waals surface area contributed by atoms with E-state index in [4.69, 9.17) is 32.0 Å². The molecule has 0 radical (unpaired) electrons. The maximum Gasteiger partial charge on any atom is 0.319 e. The Labute approximate surface area is 290 Å². The lowest BCUT2D eigenvalue weighted by molar-refractivity contribution is -0.126. The third kappa shape index (κ3) is 5.23. The summed E-state index contributed by atoms with van der Waals surface area (Å²) in [5.41, 5.74) is 6.71. The van der Waals surface area contributed by atoms with Crippen LogP contribution in [0, 0.1) is 28.5 Å². The number of nitrogens with two attached hydrogens (primary N) is 1. The number of rotatable bonds is 7. The van der Waals surface area contributed by atoms with E-state index in [2.05, 4.69) is 23.6 Å². The molecule has 252 valence electrons. The number of halogens is 3. The average molecular weight is 703 g/mol. The largest absolute Gasteiger partial charge is 0.461 e. The van der Waals surface area contributed by atoms with Gasteiger partial charge in [-0.2, -0.15) is 20.5 Å². The van der Waals surface area contributed by atoms with Crippen molar-refractivity contribution in [1.82, 2.24) is 19.8 Å². The first-order valence-electron chi connectivity index (χ1n) is 16.0. The lowest BCUT2D eigenvalue weighted by Gasteiger charge is -2.33. The number of anilines is 2. The molecule has 3 saturated heterocycles. The standard InChI is InChI=1S/C35H33ClF2N8O2S/c1-4-27(47)46-11-8-26(18(46)2)44(3)33-21-12-24(36)28(20-6-7-25(38)31-29(20)23(15-40)32(41)49-31)22(14-39)30(21)42-34(43-33)48-17-35-9-5-10-45(35)16-19(37)13-35/h4,6-7,12,18-19,26H,1,5,8-11,13,16-17,41H2,2-3H3/t18?,19-,26?,35+/m1/s1. The first-order valence-corrected chi connectivity index (χ1v) is 17.2. The highest BCUT2D eigenvalue weighted by molar-refractivity contribution is 7.23. The molecule has 49 heavy (non-hydrogen) atoms. The third-order valence-corrected chi connectivity index (χ3v) is 11.8. The molecule has 14 heteroatoms. The van der Waals surface area contributed by atoms with Crippen molar-refractivity contribution in [2.45, 2.75) is 56.4 Å². The van der Waals surface area contributed by atoms with Crippen molar-refractivity contribution in [3.8, 4) is 29.3 Å². The maximum absolute atomic E-state index is 15.0. The van der Waals surface area contributed by atoms with Crippen molar-refractivity contribution in [3.05, 3.63) is 52.8 Å². The van der Waals surface area contributed by atoms with E-state index in [-0.39, 0.29) is 72.9 Å². The lowest BCUT2D eigenvalue weighted by atomic mass is 9.93. The fourth-order valence-corrected chi connectivity index (χ4v) is 9.34. The fourth-order valence-electron chi connectivity index (χ4n) is 8.09. The van der Waals surface area contributed by atoms with Crippen molar-refractivity contribution in [3.63, 3.8) is 0 Å². The van der Waals surface area contributed by atoms with Gasteiger partial charge in [-0.3, -0.25) is 9.69 Å². The molecule has 2 unspecified atom stereocenters. The number of amides is 1. The van der Waals surface area contributed by atoms with E-state index in [0.717, 1.165) is 30.7 Å². The number of fused-ring (bicyclic) bond motifs is 3. The van der Waals surface area contributed by atoms with Gasteiger partial charge in [-0.05, 0) is 56.5 Å². The Kier molecular flexibility index (Phi) is 8.34. The zero-order valence-electron chi connectivity index (χ0n) is 27.0. The average Bonchev–Trinajstić information content (AvgIpc) is 3.83. The Balaban J connectivity index is 1.41. The van der Waals surface area contributed by atoms with Crippen molar-refractivity contribution >= 4 is 60.7 Å². The van der Waals surface area contributed by atoms with Gasteiger partial charge in [0, 0.05) is 48.9 Å². The molecule has 0 spiro atoms. The Morgan fingerprint density at radius 3 is 2.82 bits per heavy atom. The number of nitriles is 2. The molecular weight excluding hydrogens is 670 g/mol. The molecule has 2 N–H and O–H groups in total. The Morgan fingerprint density at radius 2 is 2.08 bits per heavy atom. The van der Waals surface area contributed by atoms with Gasteiger partial charge in [0.15, 0.2) is 0 Å². The zero-order valence-corrected chi connectivity index (χ0v) is 28.5. The summed E-state index contributed by atoms with van der Waals surface area (Å²) < 4.78 is 36.1. The van der Waals surface area contributed by atoms with E-state index in [1.165, 1.54) is 18.2 Å².